The Morgan fingerprint density at radius 2 is 1.43 bits per heavy atom. The van der Waals surface area contributed by atoms with Gasteiger partial charge in [-0.05, 0) is 30.9 Å². The lowest BCUT2D eigenvalue weighted by Crippen LogP contribution is -2.42. The van der Waals surface area contributed by atoms with E-state index in [-0.39, 0.29) is 30.7 Å². The molecule has 2 aromatic rings. The summed E-state index contributed by atoms with van der Waals surface area (Å²) in [4.78, 5) is 37.0. The summed E-state index contributed by atoms with van der Waals surface area (Å²) >= 11 is 0. The zero-order chi connectivity index (χ0) is 20.4. The fraction of sp³-hybridized carbons (Fsp3) is 0.348. The SMILES string of the molecule is CCOC(=O)C(CC(=O)C(Cc1ccccc1)NC(C)=O)Cc1ccccc1. The first kappa shape index (κ1) is 21.4. The molecule has 0 aliphatic rings. The first-order valence-electron chi connectivity index (χ1n) is 9.54. The van der Waals surface area contributed by atoms with Gasteiger partial charge >= 0.3 is 5.97 Å². The molecule has 0 saturated carbocycles. The fourth-order valence-corrected chi connectivity index (χ4v) is 3.12. The molecule has 0 fully saturated rings. The topological polar surface area (TPSA) is 72.5 Å². The number of carbonyl (C=O) groups is 3. The summed E-state index contributed by atoms with van der Waals surface area (Å²) in [6, 6.07) is 18.4. The van der Waals surface area contributed by atoms with E-state index in [1.807, 2.05) is 60.7 Å². The van der Waals surface area contributed by atoms with Crippen LogP contribution in [-0.4, -0.2) is 30.3 Å². The van der Waals surface area contributed by atoms with Crippen LogP contribution in [0.3, 0.4) is 0 Å². The Labute approximate surface area is 166 Å². The molecule has 148 valence electrons. The lowest BCUT2D eigenvalue weighted by molar-refractivity contribution is -0.149. The van der Waals surface area contributed by atoms with E-state index in [1.165, 1.54) is 6.92 Å². The van der Waals surface area contributed by atoms with Crippen LogP contribution in [0.15, 0.2) is 60.7 Å². The third-order valence-corrected chi connectivity index (χ3v) is 4.44. The van der Waals surface area contributed by atoms with E-state index in [2.05, 4.69) is 5.32 Å². The van der Waals surface area contributed by atoms with Crippen LogP contribution in [0.1, 0.15) is 31.4 Å². The lowest BCUT2D eigenvalue weighted by atomic mass is 9.90. The lowest BCUT2D eigenvalue weighted by Gasteiger charge is -2.20. The van der Waals surface area contributed by atoms with Gasteiger partial charge in [0.15, 0.2) is 5.78 Å². The molecule has 5 heteroatoms. The van der Waals surface area contributed by atoms with Crippen LogP contribution < -0.4 is 5.32 Å². The zero-order valence-electron chi connectivity index (χ0n) is 16.4. The maximum atomic E-state index is 13.0. The summed E-state index contributed by atoms with van der Waals surface area (Å²) in [5.41, 5.74) is 1.91. The molecule has 0 spiro atoms. The summed E-state index contributed by atoms with van der Waals surface area (Å²) in [7, 11) is 0. The molecule has 0 radical (unpaired) electrons. The number of nitrogens with one attached hydrogen (secondary N) is 1. The van der Waals surface area contributed by atoms with E-state index in [1.54, 1.807) is 6.92 Å². The minimum absolute atomic E-state index is 0.0194. The summed E-state index contributed by atoms with van der Waals surface area (Å²) in [5.74, 6) is -1.42. The van der Waals surface area contributed by atoms with Crippen molar-refractivity contribution in [3.63, 3.8) is 0 Å². The van der Waals surface area contributed by atoms with Crippen molar-refractivity contribution in [2.75, 3.05) is 6.61 Å². The zero-order valence-corrected chi connectivity index (χ0v) is 16.4. The second-order valence-electron chi connectivity index (χ2n) is 6.75. The predicted octanol–water partition coefficient (Wildman–Crippen LogP) is 3.12. The molecule has 2 atom stereocenters. The molecule has 2 rings (SSSR count). The predicted molar refractivity (Wildman–Crippen MR) is 108 cm³/mol. The minimum Gasteiger partial charge on any atom is -0.466 e. The number of hydrogen-bond acceptors (Lipinski definition) is 4. The van der Waals surface area contributed by atoms with Crippen LogP contribution in [0.5, 0.6) is 0 Å². The number of rotatable bonds is 10. The number of ether oxygens (including phenoxy) is 1. The quantitative estimate of drug-likeness (QED) is 0.642. The van der Waals surface area contributed by atoms with E-state index >= 15 is 0 Å². The number of esters is 1. The van der Waals surface area contributed by atoms with Crippen molar-refractivity contribution in [3.05, 3.63) is 71.8 Å². The van der Waals surface area contributed by atoms with Crippen molar-refractivity contribution in [2.45, 2.75) is 39.2 Å². The van der Waals surface area contributed by atoms with Crippen molar-refractivity contribution in [1.29, 1.82) is 0 Å². The van der Waals surface area contributed by atoms with Gasteiger partial charge in [0.2, 0.25) is 5.91 Å². The molecule has 2 aromatic carbocycles. The maximum Gasteiger partial charge on any atom is 0.309 e. The monoisotopic (exact) mass is 381 g/mol. The Balaban J connectivity index is 2.14. The summed E-state index contributed by atoms with van der Waals surface area (Å²) in [6.07, 6.45) is 0.829. The molecular formula is C23H27NO4. The first-order valence-corrected chi connectivity index (χ1v) is 9.54. The molecule has 2 unspecified atom stereocenters. The van der Waals surface area contributed by atoms with Gasteiger partial charge in [-0.25, -0.2) is 0 Å². The standard InChI is InChI=1S/C23H27NO4/c1-3-28-23(27)20(14-18-10-6-4-7-11-18)16-22(26)21(24-17(2)25)15-19-12-8-5-9-13-19/h4-13,20-21H,3,14-16H2,1-2H3,(H,24,25). The van der Waals surface area contributed by atoms with Crippen LogP contribution in [-0.2, 0) is 32.0 Å². The Morgan fingerprint density at radius 1 is 0.893 bits per heavy atom. The van der Waals surface area contributed by atoms with Crippen molar-refractivity contribution >= 4 is 17.7 Å². The van der Waals surface area contributed by atoms with Crippen LogP contribution >= 0.6 is 0 Å². The Hall–Kier alpha value is -2.95. The molecule has 1 N–H and O–H groups in total. The highest BCUT2D eigenvalue weighted by atomic mass is 16.5. The summed E-state index contributed by atoms with van der Waals surface area (Å²) < 4.78 is 5.18. The highest BCUT2D eigenvalue weighted by Gasteiger charge is 2.28. The van der Waals surface area contributed by atoms with Crippen molar-refractivity contribution < 1.29 is 19.1 Å². The van der Waals surface area contributed by atoms with Crippen molar-refractivity contribution in [2.24, 2.45) is 5.92 Å². The maximum absolute atomic E-state index is 13.0. The smallest absolute Gasteiger partial charge is 0.309 e. The van der Waals surface area contributed by atoms with Gasteiger partial charge in [0.1, 0.15) is 0 Å². The molecule has 0 saturated heterocycles. The van der Waals surface area contributed by atoms with Gasteiger partial charge in [-0.15, -0.1) is 0 Å². The molecule has 0 aliphatic carbocycles. The second kappa shape index (κ2) is 11.0. The molecule has 0 heterocycles. The molecule has 5 nitrogen and oxygen atoms in total. The largest absolute Gasteiger partial charge is 0.466 e. The Bertz CT molecular complexity index is 774. The van der Waals surface area contributed by atoms with Gasteiger partial charge < -0.3 is 10.1 Å². The summed E-state index contributed by atoms with van der Waals surface area (Å²) in [6.45, 7) is 3.39. The first-order chi connectivity index (χ1) is 13.5. The van der Waals surface area contributed by atoms with Gasteiger partial charge in [-0.3, -0.25) is 14.4 Å². The average molecular weight is 381 g/mol. The van der Waals surface area contributed by atoms with E-state index in [0.717, 1.165) is 11.1 Å². The molecule has 0 bridgehead atoms. The molecule has 0 aliphatic heterocycles. The number of Topliss-reactive ketones (excluding diaryl/α,β-unsaturated/α-hetero) is 1. The van der Waals surface area contributed by atoms with Crippen LogP contribution in [0.4, 0.5) is 0 Å². The van der Waals surface area contributed by atoms with Crippen molar-refractivity contribution in [3.8, 4) is 0 Å². The van der Waals surface area contributed by atoms with Gasteiger partial charge in [-0.1, -0.05) is 60.7 Å². The highest BCUT2D eigenvalue weighted by molar-refractivity contribution is 5.91. The third-order valence-electron chi connectivity index (χ3n) is 4.44. The van der Waals surface area contributed by atoms with Crippen LogP contribution in [0.25, 0.3) is 0 Å². The number of amides is 1. The second-order valence-corrected chi connectivity index (χ2v) is 6.75. The van der Waals surface area contributed by atoms with Gasteiger partial charge in [0.05, 0.1) is 18.6 Å². The van der Waals surface area contributed by atoms with Gasteiger partial charge in [0, 0.05) is 13.3 Å². The molecule has 1 amide bonds. The average Bonchev–Trinajstić information content (AvgIpc) is 2.68. The third kappa shape index (κ3) is 6.99. The van der Waals surface area contributed by atoms with E-state index in [9.17, 15) is 14.4 Å². The van der Waals surface area contributed by atoms with E-state index in [4.69, 9.17) is 4.74 Å². The number of hydrogen-bond donors (Lipinski definition) is 1. The molecule has 0 aromatic heterocycles. The molecule has 28 heavy (non-hydrogen) atoms. The fourth-order valence-electron chi connectivity index (χ4n) is 3.12. The number of ketones is 1. The normalized spacial score (nSPS) is 12.6. The van der Waals surface area contributed by atoms with Gasteiger partial charge in [-0.2, -0.15) is 0 Å². The number of benzene rings is 2. The summed E-state index contributed by atoms with van der Waals surface area (Å²) in [5, 5.41) is 2.73. The van der Waals surface area contributed by atoms with E-state index in [0.29, 0.717) is 12.8 Å². The number of carbonyl (C=O) groups excluding carboxylic acids is 3. The molecular weight excluding hydrogens is 354 g/mol. The van der Waals surface area contributed by atoms with E-state index < -0.39 is 12.0 Å². The highest BCUT2D eigenvalue weighted by Crippen LogP contribution is 2.17. The minimum atomic E-state index is -0.674. The van der Waals surface area contributed by atoms with Crippen LogP contribution in [0.2, 0.25) is 0 Å². The Morgan fingerprint density at radius 3 is 1.93 bits per heavy atom. The van der Waals surface area contributed by atoms with Crippen molar-refractivity contribution in [1.82, 2.24) is 5.32 Å². The van der Waals surface area contributed by atoms with Crippen LogP contribution in [0, 0.1) is 5.92 Å². The Kier molecular flexibility index (Phi) is 8.40. The van der Waals surface area contributed by atoms with Gasteiger partial charge in [0.25, 0.3) is 0 Å².